The van der Waals surface area contributed by atoms with Crippen molar-refractivity contribution in [1.82, 2.24) is 16.0 Å². The monoisotopic (exact) mass is 454 g/mol. The van der Waals surface area contributed by atoms with Gasteiger partial charge in [0.05, 0.1) is 19.1 Å². The fourth-order valence-corrected chi connectivity index (χ4v) is 2.50. The second-order valence-corrected chi connectivity index (χ2v) is 6.95. The van der Waals surface area contributed by atoms with E-state index in [9.17, 15) is 29.1 Å². The second kappa shape index (κ2) is 12.2. The minimum absolute atomic E-state index is 0.0248. The molecule has 0 heterocycles. The Balaban J connectivity index is 2.76. The van der Waals surface area contributed by atoms with Crippen molar-refractivity contribution in [3.63, 3.8) is 0 Å². The number of carbonyl (C=O) groups excluding carboxylic acids is 3. The van der Waals surface area contributed by atoms with Crippen molar-refractivity contribution in [1.29, 1.82) is 0 Å². The third-order valence-corrected chi connectivity index (χ3v) is 4.29. The minimum atomic E-state index is -1.59. The molecular weight excluding hydrogens is 428 g/mol. The van der Waals surface area contributed by atoms with Gasteiger partial charge in [0.1, 0.15) is 23.9 Å². The van der Waals surface area contributed by atoms with Crippen LogP contribution in [0.25, 0.3) is 0 Å². The lowest BCUT2D eigenvalue weighted by molar-refractivity contribution is -0.144. The molecule has 0 saturated heterocycles. The third kappa shape index (κ3) is 8.57. The number of aliphatic carboxylic acids is 2. The Hall–Kier alpha value is -3.71. The highest BCUT2D eigenvalue weighted by atomic mass is 16.4. The Bertz CT molecular complexity index is 844. The van der Waals surface area contributed by atoms with Gasteiger partial charge in [0.25, 0.3) is 0 Å². The van der Waals surface area contributed by atoms with Crippen LogP contribution in [0.2, 0.25) is 0 Å². The molecule has 176 valence electrons. The Morgan fingerprint density at radius 1 is 0.906 bits per heavy atom. The van der Waals surface area contributed by atoms with E-state index in [0.29, 0.717) is 5.56 Å². The summed E-state index contributed by atoms with van der Waals surface area (Å²) in [7, 11) is 0. The zero-order chi connectivity index (χ0) is 24.4. The van der Waals surface area contributed by atoms with Crippen LogP contribution >= 0.6 is 0 Å². The third-order valence-electron chi connectivity index (χ3n) is 4.29. The number of benzene rings is 1. The van der Waals surface area contributed by atoms with E-state index in [1.165, 1.54) is 19.1 Å². The normalized spacial score (nSPS) is 14.3. The van der Waals surface area contributed by atoms with E-state index >= 15 is 0 Å². The molecule has 13 heteroatoms. The quantitative estimate of drug-likeness (QED) is 0.163. The number of aliphatic hydroxyl groups is 1. The van der Waals surface area contributed by atoms with Crippen LogP contribution in [0.5, 0.6) is 5.75 Å². The molecule has 32 heavy (non-hydrogen) atoms. The molecule has 9 N–H and O–H groups in total. The molecule has 0 aromatic heterocycles. The van der Waals surface area contributed by atoms with Crippen LogP contribution in [0.15, 0.2) is 24.3 Å². The first-order chi connectivity index (χ1) is 14.9. The smallest absolute Gasteiger partial charge is 0.328 e. The molecular formula is C19H26N4O9. The van der Waals surface area contributed by atoms with Crippen molar-refractivity contribution in [2.75, 3.05) is 6.61 Å². The largest absolute Gasteiger partial charge is 0.508 e. The molecule has 0 spiro atoms. The number of nitrogens with one attached hydrogen (secondary N) is 3. The predicted molar refractivity (Wildman–Crippen MR) is 108 cm³/mol. The van der Waals surface area contributed by atoms with E-state index in [2.05, 4.69) is 10.6 Å². The molecule has 1 rings (SSSR count). The van der Waals surface area contributed by atoms with Gasteiger partial charge in [-0.2, -0.15) is 0 Å². The fourth-order valence-electron chi connectivity index (χ4n) is 2.50. The number of amides is 3. The zero-order valence-electron chi connectivity index (χ0n) is 17.1. The molecule has 1 aromatic rings. The van der Waals surface area contributed by atoms with Crippen LogP contribution in [-0.2, 0) is 30.4 Å². The van der Waals surface area contributed by atoms with Crippen LogP contribution in [-0.4, -0.2) is 80.9 Å². The number of carboxylic acid groups (broad SMARTS) is 2. The van der Waals surface area contributed by atoms with Crippen LogP contribution in [0.1, 0.15) is 18.9 Å². The molecule has 4 atom stereocenters. The minimum Gasteiger partial charge on any atom is -0.508 e. The van der Waals surface area contributed by atoms with E-state index in [-0.39, 0.29) is 12.2 Å². The summed E-state index contributed by atoms with van der Waals surface area (Å²) in [6.07, 6.45) is -0.754. The highest BCUT2D eigenvalue weighted by Gasteiger charge is 2.29. The SMILES string of the molecule is CC(NC(=O)C(CC(=O)O)NC(=O)C(N)Cc1ccc(O)cc1)C(=O)NC(CO)C(=O)O. The summed E-state index contributed by atoms with van der Waals surface area (Å²) >= 11 is 0. The van der Waals surface area contributed by atoms with Crippen molar-refractivity contribution in [2.24, 2.45) is 5.73 Å². The van der Waals surface area contributed by atoms with Crippen molar-refractivity contribution in [3.05, 3.63) is 29.8 Å². The van der Waals surface area contributed by atoms with E-state index < -0.39 is 66.9 Å². The second-order valence-electron chi connectivity index (χ2n) is 6.95. The topological polar surface area (TPSA) is 228 Å². The van der Waals surface area contributed by atoms with Crippen molar-refractivity contribution in [2.45, 2.75) is 43.9 Å². The van der Waals surface area contributed by atoms with Crippen LogP contribution in [0, 0.1) is 0 Å². The van der Waals surface area contributed by atoms with Crippen molar-refractivity contribution in [3.8, 4) is 5.75 Å². The van der Waals surface area contributed by atoms with E-state index in [4.69, 9.17) is 21.1 Å². The van der Waals surface area contributed by atoms with Gasteiger partial charge in [-0.3, -0.25) is 19.2 Å². The van der Waals surface area contributed by atoms with Gasteiger partial charge in [-0.15, -0.1) is 0 Å². The Morgan fingerprint density at radius 2 is 1.47 bits per heavy atom. The molecule has 0 aliphatic carbocycles. The predicted octanol–water partition coefficient (Wildman–Crippen LogP) is -2.71. The molecule has 0 aliphatic rings. The maximum absolute atomic E-state index is 12.4. The summed E-state index contributed by atoms with van der Waals surface area (Å²) in [5.41, 5.74) is 6.43. The summed E-state index contributed by atoms with van der Waals surface area (Å²) in [5.74, 6) is -5.63. The van der Waals surface area contributed by atoms with Gasteiger partial charge >= 0.3 is 11.9 Å². The maximum Gasteiger partial charge on any atom is 0.328 e. The fraction of sp³-hybridized carbons (Fsp3) is 0.421. The van der Waals surface area contributed by atoms with Gasteiger partial charge in [0, 0.05) is 0 Å². The lowest BCUT2D eigenvalue weighted by Crippen LogP contribution is -2.57. The molecule has 3 amide bonds. The number of hydrogen-bond donors (Lipinski definition) is 8. The van der Waals surface area contributed by atoms with Gasteiger partial charge in [-0.25, -0.2) is 4.79 Å². The molecule has 4 unspecified atom stereocenters. The first kappa shape index (κ1) is 26.3. The highest BCUT2D eigenvalue weighted by Crippen LogP contribution is 2.11. The number of phenolic OH excluding ortho intramolecular Hbond substituents is 1. The van der Waals surface area contributed by atoms with Gasteiger partial charge < -0.3 is 42.1 Å². The number of hydrogen-bond acceptors (Lipinski definition) is 8. The van der Waals surface area contributed by atoms with Crippen LogP contribution in [0.3, 0.4) is 0 Å². The lowest BCUT2D eigenvalue weighted by atomic mass is 10.0. The number of nitrogens with two attached hydrogens (primary N) is 1. The first-order valence-electron chi connectivity index (χ1n) is 9.44. The van der Waals surface area contributed by atoms with Crippen molar-refractivity contribution >= 4 is 29.7 Å². The molecule has 0 radical (unpaired) electrons. The lowest BCUT2D eigenvalue weighted by Gasteiger charge is -2.22. The summed E-state index contributed by atoms with van der Waals surface area (Å²) in [6.45, 7) is 0.331. The van der Waals surface area contributed by atoms with E-state index in [1.54, 1.807) is 12.1 Å². The summed E-state index contributed by atoms with van der Waals surface area (Å²) in [4.78, 5) is 58.8. The number of phenols is 1. The van der Waals surface area contributed by atoms with Gasteiger partial charge in [0.2, 0.25) is 17.7 Å². The average Bonchev–Trinajstić information content (AvgIpc) is 2.72. The number of carbonyl (C=O) groups is 5. The summed E-state index contributed by atoms with van der Waals surface area (Å²) in [5, 5.41) is 42.5. The maximum atomic E-state index is 12.4. The molecule has 1 aromatic carbocycles. The van der Waals surface area contributed by atoms with Gasteiger partial charge in [0.15, 0.2) is 0 Å². The Labute approximate surface area is 182 Å². The first-order valence-corrected chi connectivity index (χ1v) is 9.44. The van der Waals surface area contributed by atoms with Crippen LogP contribution < -0.4 is 21.7 Å². The molecule has 0 aliphatic heterocycles. The number of aliphatic hydroxyl groups excluding tert-OH is 1. The molecule has 0 saturated carbocycles. The number of aromatic hydroxyl groups is 1. The van der Waals surface area contributed by atoms with Gasteiger partial charge in [-0.1, -0.05) is 12.1 Å². The van der Waals surface area contributed by atoms with Crippen molar-refractivity contribution < 1.29 is 44.4 Å². The Kier molecular flexibility index (Phi) is 10.1. The van der Waals surface area contributed by atoms with E-state index in [0.717, 1.165) is 0 Å². The van der Waals surface area contributed by atoms with Gasteiger partial charge in [-0.05, 0) is 31.0 Å². The van der Waals surface area contributed by atoms with Crippen LogP contribution in [0.4, 0.5) is 0 Å². The molecule has 13 nitrogen and oxygen atoms in total. The summed E-state index contributed by atoms with van der Waals surface area (Å²) in [6, 6.07) is 0.308. The standard InChI is InChI=1S/C19H26N4O9/c1-9(16(28)23-14(8-24)19(31)32)21-18(30)13(7-15(26)27)22-17(29)12(20)6-10-2-4-11(25)5-3-10/h2-5,9,12-14,24-25H,6-8,20H2,1H3,(H,21,30)(H,22,29)(H,23,28)(H,26,27)(H,31,32). The summed E-state index contributed by atoms with van der Waals surface area (Å²) < 4.78 is 0. The Morgan fingerprint density at radius 3 is 1.97 bits per heavy atom. The van der Waals surface area contributed by atoms with E-state index in [1.807, 2.05) is 5.32 Å². The highest BCUT2D eigenvalue weighted by molar-refractivity contribution is 5.95. The molecule has 0 fully saturated rings. The average molecular weight is 454 g/mol. The number of rotatable bonds is 12. The zero-order valence-corrected chi connectivity index (χ0v) is 17.1. The molecule has 0 bridgehead atoms. The number of carboxylic acids is 2.